The maximum Gasteiger partial charge on any atom is 0.392 e. The number of aryl methyl sites for hydroxylation is 1. The van der Waals surface area contributed by atoms with Crippen molar-refractivity contribution in [3.63, 3.8) is 0 Å². The number of hydrogen-bond donors (Lipinski definition) is 2. The lowest BCUT2D eigenvalue weighted by molar-refractivity contribution is -0.139. The molecule has 0 aliphatic heterocycles. The number of ether oxygens (including phenoxy) is 1. The number of aromatic nitrogens is 7. The summed E-state index contributed by atoms with van der Waals surface area (Å²) in [6.07, 6.45) is -9.06. The van der Waals surface area contributed by atoms with Crippen molar-refractivity contribution < 1.29 is 57.5 Å². The Morgan fingerprint density at radius 2 is 1.77 bits per heavy atom. The maximum absolute atomic E-state index is 15.5. The number of nitrogens with one attached hydrogen (secondary N) is 2. The highest BCUT2D eigenvalue weighted by molar-refractivity contribution is 7.92. The summed E-state index contributed by atoms with van der Waals surface area (Å²) >= 11 is 6.54. The summed E-state index contributed by atoms with van der Waals surface area (Å²) in [7, 11) is -2.61. The minimum Gasteiger partial charge on any atom is -0.477 e. The number of benzene rings is 2. The largest absolute Gasteiger partial charge is 0.477 e. The molecule has 0 bridgehead atoms. The number of rotatable bonds is 13. The molecule has 2 aliphatic rings. The van der Waals surface area contributed by atoms with Gasteiger partial charge in [-0.25, -0.2) is 31.0 Å². The van der Waals surface area contributed by atoms with Crippen molar-refractivity contribution in [1.29, 1.82) is 0 Å². The first kappa shape index (κ1) is 42.8. The van der Waals surface area contributed by atoms with Crippen molar-refractivity contribution in [2.45, 2.75) is 56.3 Å². The Labute approximate surface area is 347 Å². The van der Waals surface area contributed by atoms with Crippen LogP contribution in [-0.4, -0.2) is 67.5 Å². The third-order valence-corrected chi connectivity index (χ3v) is 11.2. The first-order chi connectivity index (χ1) is 29.0. The van der Waals surface area contributed by atoms with Gasteiger partial charge in [-0.3, -0.25) is 28.2 Å². The van der Waals surface area contributed by atoms with E-state index in [-0.39, 0.29) is 50.4 Å². The van der Waals surface area contributed by atoms with Crippen LogP contribution < -0.4 is 20.3 Å². The van der Waals surface area contributed by atoms with E-state index in [1.807, 2.05) is 0 Å². The van der Waals surface area contributed by atoms with Crippen LogP contribution in [0.4, 0.5) is 45.3 Å². The third kappa shape index (κ3) is 7.99. The first-order valence-corrected chi connectivity index (χ1v) is 20.6. The quantitative estimate of drug-likeness (QED) is 0.119. The van der Waals surface area contributed by atoms with Crippen LogP contribution in [0.3, 0.4) is 0 Å². The van der Waals surface area contributed by atoms with Crippen LogP contribution >= 0.6 is 11.6 Å². The van der Waals surface area contributed by atoms with E-state index in [1.54, 1.807) is 0 Å². The molecule has 4 heterocycles. The number of alkyl halides is 7. The Hall–Kier alpha value is -5.91. The minimum absolute atomic E-state index is 0.0116. The van der Waals surface area contributed by atoms with Gasteiger partial charge in [0.25, 0.3) is 17.9 Å². The number of hydrogen-bond acceptors (Lipinski definition) is 9. The van der Waals surface area contributed by atoms with Gasteiger partial charge in [0.05, 0.1) is 52.3 Å². The van der Waals surface area contributed by atoms with Gasteiger partial charge in [-0.15, -0.1) is 0 Å². The van der Waals surface area contributed by atoms with Gasteiger partial charge in [0.2, 0.25) is 21.8 Å². The first-order valence-electron chi connectivity index (χ1n) is 18.3. The zero-order chi connectivity index (χ0) is 44.8. The number of nitrogens with zero attached hydrogens (tertiary/aromatic N) is 7. The molecule has 0 radical (unpaired) electrons. The molecule has 14 nitrogen and oxygen atoms in total. The van der Waals surface area contributed by atoms with E-state index in [9.17, 15) is 48.7 Å². The van der Waals surface area contributed by atoms with Crippen molar-refractivity contribution in [2.75, 3.05) is 17.6 Å². The van der Waals surface area contributed by atoms with E-state index in [4.69, 9.17) is 16.3 Å². The van der Waals surface area contributed by atoms with E-state index in [2.05, 4.69) is 30.2 Å². The van der Waals surface area contributed by atoms with Gasteiger partial charge in [-0.2, -0.15) is 37.1 Å². The number of carbonyl (C=O) groups excluding carboxylic acids is 1. The zero-order valence-electron chi connectivity index (χ0n) is 31.7. The van der Waals surface area contributed by atoms with Crippen molar-refractivity contribution >= 4 is 55.3 Å². The van der Waals surface area contributed by atoms with Gasteiger partial charge >= 0.3 is 6.18 Å². The second-order valence-electron chi connectivity index (χ2n) is 14.8. The fourth-order valence-electron chi connectivity index (χ4n) is 7.80. The Balaban J connectivity index is 1.32. The average Bonchev–Trinajstić information content (AvgIpc) is 3.69. The Morgan fingerprint density at radius 3 is 2.44 bits per heavy atom. The summed E-state index contributed by atoms with van der Waals surface area (Å²) in [5.41, 5.74) is -3.87. The minimum atomic E-state index is -4.60. The molecule has 6 aromatic rings. The topological polar surface area (TPSA) is 168 Å². The number of halogens is 10. The Kier molecular flexibility index (Phi) is 10.5. The summed E-state index contributed by atoms with van der Waals surface area (Å²) < 4.78 is 162. The average molecular weight is 918 g/mol. The Morgan fingerprint density at radius 1 is 1.06 bits per heavy atom. The lowest BCUT2D eigenvalue weighted by atomic mass is 10.0. The molecule has 2 aromatic carbocycles. The van der Waals surface area contributed by atoms with E-state index in [1.165, 1.54) is 19.2 Å². The number of carbonyl (C=O) groups is 1. The summed E-state index contributed by atoms with van der Waals surface area (Å²) in [6, 6.07) is 5.39. The molecule has 1 amide bonds. The predicted octanol–water partition coefficient (Wildman–Crippen LogP) is 6.74. The van der Waals surface area contributed by atoms with Gasteiger partial charge in [-0.1, -0.05) is 11.6 Å². The molecule has 3 atom stereocenters. The smallest absolute Gasteiger partial charge is 0.392 e. The molecule has 2 aliphatic carbocycles. The van der Waals surface area contributed by atoms with Crippen molar-refractivity contribution in [3.05, 3.63) is 97.8 Å². The summed E-state index contributed by atoms with van der Waals surface area (Å²) in [5.74, 6) is -10.2. The van der Waals surface area contributed by atoms with Crippen LogP contribution in [0.15, 0.2) is 47.3 Å². The fraction of sp³-hybridized carbons (Fsp3) is 0.351. The van der Waals surface area contributed by atoms with Crippen LogP contribution in [-0.2, 0) is 40.8 Å². The fourth-order valence-corrected chi connectivity index (χ4v) is 8.53. The molecule has 2 N–H and O–H groups in total. The van der Waals surface area contributed by atoms with E-state index >= 15 is 8.78 Å². The highest BCUT2D eigenvalue weighted by Crippen LogP contribution is 2.68. The van der Waals surface area contributed by atoms with E-state index in [0.29, 0.717) is 10.7 Å². The Bertz CT molecular complexity index is 2970. The molecular weight excluding hydrogens is 889 g/mol. The van der Waals surface area contributed by atoms with Gasteiger partial charge in [-0.05, 0) is 48.2 Å². The number of amides is 1. The van der Waals surface area contributed by atoms with E-state index in [0.717, 1.165) is 39.8 Å². The van der Waals surface area contributed by atoms with E-state index < -0.39 is 124 Å². The summed E-state index contributed by atoms with van der Waals surface area (Å²) in [4.78, 5) is 37.4. The van der Waals surface area contributed by atoms with Crippen molar-refractivity contribution in [2.24, 2.45) is 13.0 Å². The third-order valence-electron chi connectivity index (χ3n) is 10.3. The van der Waals surface area contributed by atoms with Crippen LogP contribution in [0, 0.1) is 17.6 Å². The lowest BCUT2D eigenvalue weighted by Gasteiger charge is -2.24. The van der Waals surface area contributed by atoms with Crippen LogP contribution in [0.25, 0.3) is 27.6 Å². The zero-order valence-corrected chi connectivity index (χ0v) is 33.3. The summed E-state index contributed by atoms with van der Waals surface area (Å²) in [5, 5.41) is 10.0. The normalized spacial score (nSPS) is 17.4. The van der Waals surface area contributed by atoms with Gasteiger partial charge < -0.3 is 10.1 Å². The molecule has 4 aromatic heterocycles. The van der Waals surface area contributed by atoms with Crippen molar-refractivity contribution in [1.82, 2.24) is 39.4 Å². The monoisotopic (exact) mass is 917 g/mol. The van der Waals surface area contributed by atoms with Crippen LogP contribution in [0.5, 0.6) is 5.88 Å². The number of sulfonamides is 1. The molecule has 0 spiro atoms. The van der Waals surface area contributed by atoms with Crippen LogP contribution in [0.2, 0.25) is 5.02 Å². The molecule has 25 heteroatoms. The highest BCUT2D eigenvalue weighted by atomic mass is 35.5. The highest BCUT2D eigenvalue weighted by Gasteiger charge is 2.67. The predicted molar refractivity (Wildman–Crippen MR) is 202 cm³/mol. The molecular formula is C37H29ClF9N9O5S. The van der Waals surface area contributed by atoms with Crippen LogP contribution in [0.1, 0.15) is 59.6 Å². The molecule has 1 saturated carbocycles. The number of pyridine rings is 1. The number of anilines is 1. The SMILES string of the molecule is Cn1nc(NS(C)(=O)=O)c2c(Cl)ccc(-n3c([C@H](Cc4cc(F)cc(F)c4)NC(=O)Cn4nc(C(F)F)c5c4C(F)(F)C4C[C@H]54)nc4nc(OCCC(F)(F)F)ccc4c3=O)c21. The molecule has 1 unspecified atom stereocenters. The van der Waals surface area contributed by atoms with Gasteiger partial charge in [0.1, 0.15) is 35.4 Å². The lowest BCUT2D eigenvalue weighted by Crippen LogP contribution is -2.38. The maximum atomic E-state index is 15.5. The molecule has 0 saturated heterocycles. The number of fused-ring (bicyclic) bond motifs is 5. The second-order valence-corrected chi connectivity index (χ2v) is 16.9. The molecule has 1 fully saturated rings. The molecule has 328 valence electrons. The van der Waals surface area contributed by atoms with Gasteiger partial charge in [0.15, 0.2) is 11.5 Å². The molecule has 8 rings (SSSR count). The molecule has 62 heavy (non-hydrogen) atoms. The second kappa shape index (κ2) is 15.2. The van der Waals surface area contributed by atoms with Gasteiger partial charge in [0, 0.05) is 37.1 Å². The summed E-state index contributed by atoms with van der Waals surface area (Å²) in [6.45, 7) is -1.97. The standard InChI is InChI=1S/C37H29ClF9N9O5S/c1-54-29-23(5-4-21(38)27(29)33(52-54)53-62(2,59)60)56-34(50-32-18(35(56)58)3-6-25(49-32)61-8-7-36(43,44)45)22(11-15-9-16(39)12-17(40)10-15)48-24(57)14-55-30-26(28(51-55)31(41)42)19-13-20(19)37(30,46)47/h3-6,9-10,12,19-20,22,31H,7-8,11,13-14H2,1-2H3,(H,48,57)(H,52,53)/t19-,20?,22-/m0/s1. The van der Waals surface area contributed by atoms with Crippen molar-refractivity contribution in [3.8, 4) is 11.6 Å².